The maximum Gasteiger partial charge on any atom is 0.164 e. The first-order valence-corrected chi connectivity index (χ1v) is 22.1. The Balaban J connectivity index is 0.856. The zero-order chi connectivity index (χ0) is 44.0. The monoisotopic (exact) mass is 838 g/mol. The van der Waals surface area contributed by atoms with Gasteiger partial charge >= 0.3 is 0 Å². The third-order valence-electron chi connectivity index (χ3n) is 12.8. The van der Waals surface area contributed by atoms with Crippen LogP contribution in [0.2, 0.25) is 0 Å². The zero-order valence-corrected chi connectivity index (χ0v) is 35.7. The predicted octanol–water partition coefficient (Wildman–Crippen LogP) is 15.9. The predicted molar refractivity (Wildman–Crippen MR) is 270 cm³/mol. The lowest BCUT2D eigenvalue weighted by Crippen LogP contribution is -2.00. The van der Waals surface area contributed by atoms with Crippen LogP contribution in [0.3, 0.4) is 0 Å². The molecule has 1 heterocycles. The third kappa shape index (κ3) is 6.93. The van der Waals surface area contributed by atoms with E-state index in [-0.39, 0.29) is 0 Å². The van der Waals surface area contributed by atoms with Crippen LogP contribution >= 0.6 is 0 Å². The number of fused-ring (bicyclic) bond motifs is 3. The van der Waals surface area contributed by atoms with Crippen LogP contribution in [0.5, 0.6) is 0 Å². The van der Waals surface area contributed by atoms with Crippen molar-refractivity contribution in [1.29, 1.82) is 5.26 Å². The lowest BCUT2D eigenvalue weighted by atomic mass is 9.87. The average molecular weight is 839 g/mol. The third-order valence-corrected chi connectivity index (χ3v) is 12.8. The van der Waals surface area contributed by atoms with E-state index in [1.807, 2.05) is 84.9 Å². The van der Waals surface area contributed by atoms with Crippen molar-refractivity contribution in [1.82, 2.24) is 15.0 Å². The van der Waals surface area contributed by atoms with Crippen LogP contribution in [0.1, 0.15) is 5.56 Å². The van der Waals surface area contributed by atoms with Crippen LogP contribution in [0.15, 0.2) is 231 Å². The Kier molecular flexibility index (Phi) is 9.51. The zero-order valence-electron chi connectivity index (χ0n) is 35.7. The van der Waals surface area contributed by atoms with E-state index in [0.29, 0.717) is 23.0 Å². The molecule has 0 saturated heterocycles. The van der Waals surface area contributed by atoms with Gasteiger partial charge in [-0.05, 0) is 107 Å². The Bertz CT molecular complexity index is 3560. The minimum absolute atomic E-state index is 0.639. The average Bonchev–Trinajstić information content (AvgIpc) is 3.73. The Morgan fingerprint density at radius 2 is 0.576 bits per heavy atom. The Hall–Kier alpha value is -9.04. The molecule has 0 fully saturated rings. The summed E-state index contributed by atoms with van der Waals surface area (Å²) in [6.45, 7) is 0. The maximum atomic E-state index is 9.39. The van der Waals surface area contributed by atoms with Crippen molar-refractivity contribution in [2.24, 2.45) is 0 Å². The Morgan fingerprint density at radius 3 is 1.06 bits per heavy atom. The molecular formula is C62H38N4. The van der Waals surface area contributed by atoms with Crippen molar-refractivity contribution in [3.8, 4) is 118 Å². The maximum absolute atomic E-state index is 9.39. The molecule has 0 unspecified atom stereocenters. The molecule has 12 rings (SSSR count). The SMILES string of the molecule is N#Cc1ccc(-c2cccc(-c3ccc4c5c(ccc(-c6ccc(-c7ccc(-c8ccc(-c9nc(-c%10ccccc%10)nc(-c%10ccccc%10)n9)cc8)cc7)cc6)c35)-c3ccccc3-4)c2)cc1. The first-order chi connectivity index (χ1) is 32.6. The Labute approximate surface area is 383 Å². The van der Waals surface area contributed by atoms with E-state index in [4.69, 9.17) is 15.0 Å². The molecule has 1 aliphatic rings. The van der Waals surface area contributed by atoms with Gasteiger partial charge in [-0.25, -0.2) is 15.0 Å². The normalized spacial score (nSPS) is 11.3. The van der Waals surface area contributed by atoms with Gasteiger partial charge in [-0.3, -0.25) is 0 Å². The van der Waals surface area contributed by atoms with Crippen molar-refractivity contribution in [2.45, 2.75) is 0 Å². The smallest absolute Gasteiger partial charge is 0.164 e. The highest BCUT2D eigenvalue weighted by Crippen LogP contribution is 2.52. The minimum Gasteiger partial charge on any atom is -0.208 e. The second kappa shape index (κ2) is 16.3. The van der Waals surface area contributed by atoms with E-state index >= 15 is 0 Å². The highest BCUT2D eigenvalue weighted by atomic mass is 15.0. The molecule has 4 nitrogen and oxygen atoms in total. The molecule has 1 aliphatic carbocycles. The molecule has 0 amide bonds. The van der Waals surface area contributed by atoms with Gasteiger partial charge in [0.25, 0.3) is 0 Å². The fraction of sp³-hybridized carbons (Fsp3) is 0. The molecule has 4 heteroatoms. The quantitative estimate of drug-likeness (QED) is 0.153. The molecule has 0 aliphatic heterocycles. The molecule has 66 heavy (non-hydrogen) atoms. The number of rotatable bonds is 8. The van der Waals surface area contributed by atoms with Gasteiger partial charge < -0.3 is 0 Å². The van der Waals surface area contributed by atoms with Crippen LogP contribution in [0.4, 0.5) is 0 Å². The molecular weight excluding hydrogens is 801 g/mol. The second-order valence-electron chi connectivity index (χ2n) is 16.7. The van der Waals surface area contributed by atoms with Crippen LogP contribution < -0.4 is 0 Å². The van der Waals surface area contributed by atoms with E-state index < -0.39 is 0 Å². The fourth-order valence-corrected chi connectivity index (χ4v) is 9.43. The molecule has 0 bridgehead atoms. The van der Waals surface area contributed by atoms with Crippen LogP contribution in [0, 0.1) is 11.3 Å². The van der Waals surface area contributed by atoms with Gasteiger partial charge in [-0.2, -0.15) is 5.26 Å². The van der Waals surface area contributed by atoms with Gasteiger partial charge in [0.15, 0.2) is 17.5 Å². The Morgan fingerprint density at radius 1 is 0.242 bits per heavy atom. The summed E-state index contributed by atoms with van der Waals surface area (Å²) in [7, 11) is 0. The van der Waals surface area contributed by atoms with E-state index in [1.54, 1.807) is 0 Å². The topological polar surface area (TPSA) is 62.5 Å². The first-order valence-electron chi connectivity index (χ1n) is 22.1. The van der Waals surface area contributed by atoms with Gasteiger partial charge in [0.1, 0.15) is 0 Å². The van der Waals surface area contributed by atoms with Crippen LogP contribution in [-0.4, -0.2) is 15.0 Å². The number of nitrogens with zero attached hydrogens (tertiary/aromatic N) is 4. The first kappa shape index (κ1) is 38.6. The van der Waals surface area contributed by atoms with Crippen LogP contribution in [0.25, 0.3) is 123 Å². The van der Waals surface area contributed by atoms with Crippen molar-refractivity contribution in [3.05, 3.63) is 236 Å². The lowest BCUT2D eigenvalue weighted by Gasteiger charge is -2.16. The summed E-state index contributed by atoms with van der Waals surface area (Å²) in [4.78, 5) is 14.7. The summed E-state index contributed by atoms with van der Waals surface area (Å²) in [6, 6.07) is 83.2. The number of nitriles is 1. The largest absolute Gasteiger partial charge is 0.208 e. The molecule has 306 valence electrons. The summed E-state index contributed by atoms with van der Waals surface area (Å²) >= 11 is 0. The van der Waals surface area contributed by atoms with E-state index in [0.717, 1.165) is 55.6 Å². The molecule has 0 N–H and O–H groups in total. The van der Waals surface area contributed by atoms with Gasteiger partial charge in [-0.15, -0.1) is 0 Å². The van der Waals surface area contributed by atoms with E-state index in [1.165, 1.54) is 49.7 Å². The summed E-state index contributed by atoms with van der Waals surface area (Å²) in [5.41, 5.74) is 20.1. The van der Waals surface area contributed by atoms with Crippen molar-refractivity contribution >= 4 is 10.8 Å². The minimum atomic E-state index is 0.639. The molecule has 11 aromatic rings. The molecule has 0 saturated carbocycles. The molecule has 0 spiro atoms. The highest BCUT2D eigenvalue weighted by Gasteiger charge is 2.25. The standard InChI is InChI=1S/C62H38N4/c63-39-40-18-20-45(21-19-40)50-14-9-15-51(38-50)53-35-37-57-55-17-8-7-16-54(55)56-36-34-52(58(53)59(56)57)46-30-26-43(27-31-46)41-22-24-42(25-23-41)44-28-32-49(33-29-44)62-65-60(47-10-3-1-4-11-47)64-61(66-62)48-12-5-2-6-13-48/h1-38H. The van der Waals surface area contributed by atoms with Crippen molar-refractivity contribution < 1.29 is 0 Å². The number of hydrogen-bond acceptors (Lipinski definition) is 4. The number of hydrogen-bond donors (Lipinski definition) is 0. The summed E-state index contributed by atoms with van der Waals surface area (Å²) < 4.78 is 0. The highest BCUT2D eigenvalue weighted by molar-refractivity contribution is 6.22. The second-order valence-corrected chi connectivity index (χ2v) is 16.7. The van der Waals surface area contributed by atoms with Crippen molar-refractivity contribution in [2.75, 3.05) is 0 Å². The lowest BCUT2D eigenvalue weighted by molar-refractivity contribution is 1.07. The van der Waals surface area contributed by atoms with Gasteiger partial charge in [0.05, 0.1) is 11.6 Å². The van der Waals surface area contributed by atoms with E-state index in [9.17, 15) is 5.26 Å². The van der Waals surface area contributed by atoms with Gasteiger partial charge in [-0.1, -0.05) is 212 Å². The van der Waals surface area contributed by atoms with Crippen molar-refractivity contribution in [3.63, 3.8) is 0 Å². The number of aromatic nitrogens is 3. The molecule has 10 aromatic carbocycles. The molecule has 0 radical (unpaired) electrons. The van der Waals surface area contributed by atoms with Gasteiger partial charge in [0.2, 0.25) is 0 Å². The fourth-order valence-electron chi connectivity index (χ4n) is 9.43. The summed E-state index contributed by atoms with van der Waals surface area (Å²) in [5, 5.41) is 11.9. The summed E-state index contributed by atoms with van der Waals surface area (Å²) in [6.07, 6.45) is 0. The van der Waals surface area contributed by atoms with Crippen LogP contribution in [-0.2, 0) is 0 Å². The number of benzene rings is 10. The molecule has 0 atom stereocenters. The van der Waals surface area contributed by atoms with Gasteiger partial charge in [0, 0.05) is 16.7 Å². The molecule has 1 aromatic heterocycles. The van der Waals surface area contributed by atoms with E-state index in [2.05, 4.69) is 152 Å². The summed E-state index contributed by atoms with van der Waals surface area (Å²) in [5.74, 6) is 1.94.